The molecule has 5 aromatic rings. The fourth-order valence-electron chi connectivity index (χ4n) is 4.93. The highest BCUT2D eigenvalue weighted by Crippen LogP contribution is 2.45. The molecule has 1 aliphatic rings. The number of nitrogens with zero attached hydrogens (tertiary/aromatic N) is 2. The molecule has 9 heteroatoms. The molecule has 39 heavy (non-hydrogen) atoms. The number of carbonyl (C=O) groups excluding carboxylic acids is 1. The molecule has 0 spiro atoms. The van der Waals surface area contributed by atoms with Crippen LogP contribution in [0.2, 0.25) is 15.1 Å². The number of nitrogens with one attached hydrogen (secondary N) is 2. The summed E-state index contributed by atoms with van der Waals surface area (Å²) in [4.78, 5) is 25.7. The molecule has 6 rings (SSSR count). The second-order valence-electron chi connectivity index (χ2n) is 10.1. The summed E-state index contributed by atoms with van der Waals surface area (Å²) in [6, 6.07) is 19.9. The lowest BCUT2D eigenvalue weighted by Gasteiger charge is -2.37. The van der Waals surface area contributed by atoms with Gasteiger partial charge < -0.3 is 15.0 Å². The fraction of sp³-hybridized carbons (Fsp3) is 0.167. The van der Waals surface area contributed by atoms with Gasteiger partial charge >= 0.3 is 0 Å². The van der Waals surface area contributed by atoms with Crippen molar-refractivity contribution >= 4 is 51.7 Å². The molecular weight excluding hydrogens is 555 g/mol. The number of imidazole rings is 1. The molecule has 0 saturated carbocycles. The van der Waals surface area contributed by atoms with Gasteiger partial charge in [-0.2, -0.15) is 0 Å². The van der Waals surface area contributed by atoms with Gasteiger partial charge in [0.1, 0.15) is 5.60 Å². The van der Waals surface area contributed by atoms with Gasteiger partial charge in [0.25, 0.3) is 5.91 Å². The van der Waals surface area contributed by atoms with Gasteiger partial charge in [0.15, 0.2) is 0 Å². The van der Waals surface area contributed by atoms with Crippen LogP contribution in [0.3, 0.4) is 0 Å². The van der Waals surface area contributed by atoms with Crippen LogP contribution in [0.1, 0.15) is 42.2 Å². The van der Waals surface area contributed by atoms with Crippen molar-refractivity contribution in [2.45, 2.75) is 31.9 Å². The van der Waals surface area contributed by atoms with E-state index in [9.17, 15) is 4.79 Å². The van der Waals surface area contributed by atoms with Gasteiger partial charge in [-0.25, -0.2) is 9.97 Å². The predicted molar refractivity (Wildman–Crippen MR) is 156 cm³/mol. The van der Waals surface area contributed by atoms with Gasteiger partial charge in [-0.3, -0.25) is 4.79 Å². The van der Waals surface area contributed by atoms with Crippen molar-refractivity contribution in [2.24, 2.45) is 0 Å². The first-order valence-corrected chi connectivity index (χ1v) is 13.5. The highest BCUT2D eigenvalue weighted by atomic mass is 35.5. The third kappa shape index (κ3) is 5.08. The number of benzene rings is 3. The molecule has 3 heterocycles. The minimum absolute atomic E-state index is 0.202. The lowest BCUT2D eigenvalue weighted by Crippen LogP contribution is -2.41. The number of halogens is 3. The van der Waals surface area contributed by atoms with Crippen LogP contribution < -0.4 is 10.1 Å². The van der Waals surface area contributed by atoms with Gasteiger partial charge in [-0.15, -0.1) is 0 Å². The smallest absolute Gasteiger partial charge is 0.251 e. The zero-order chi connectivity index (χ0) is 27.3. The first-order chi connectivity index (χ1) is 18.7. The Morgan fingerprint density at radius 3 is 2.51 bits per heavy atom. The van der Waals surface area contributed by atoms with Crippen LogP contribution in [0.15, 0.2) is 73.1 Å². The molecule has 1 amide bonds. The number of carbonyl (C=O) groups is 1. The van der Waals surface area contributed by atoms with Crippen molar-refractivity contribution in [3.05, 3.63) is 99.3 Å². The summed E-state index contributed by atoms with van der Waals surface area (Å²) in [5.41, 5.74) is 5.41. The van der Waals surface area contributed by atoms with Crippen molar-refractivity contribution in [1.29, 1.82) is 0 Å². The van der Waals surface area contributed by atoms with Crippen LogP contribution in [-0.2, 0) is 0 Å². The number of fused-ring (bicyclic) bond motifs is 2. The van der Waals surface area contributed by atoms with Crippen LogP contribution in [0.25, 0.3) is 33.4 Å². The molecule has 6 nitrogen and oxygen atoms in total. The van der Waals surface area contributed by atoms with Crippen molar-refractivity contribution in [2.75, 3.05) is 0 Å². The van der Waals surface area contributed by atoms with Crippen LogP contribution >= 0.6 is 34.8 Å². The highest BCUT2D eigenvalue weighted by molar-refractivity contribution is 6.36. The Hall–Kier alpha value is -3.58. The molecule has 1 aliphatic heterocycles. The average Bonchev–Trinajstić information content (AvgIpc) is 3.36. The van der Waals surface area contributed by atoms with E-state index in [1.54, 1.807) is 30.6 Å². The molecule has 3 aromatic carbocycles. The zero-order valence-corrected chi connectivity index (χ0v) is 23.3. The third-order valence-corrected chi connectivity index (χ3v) is 7.59. The van der Waals surface area contributed by atoms with Crippen LogP contribution in [0.4, 0.5) is 0 Å². The van der Waals surface area contributed by atoms with E-state index in [0.717, 1.165) is 27.7 Å². The minimum Gasteiger partial charge on any atom is -0.471 e. The summed E-state index contributed by atoms with van der Waals surface area (Å²) >= 11 is 19.0. The molecule has 2 N–H and O–H groups in total. The maximum atomic E-state index is 13.4. The number of pyridine rings is 1. The summed E-state index contributed by atoms with van der Waals surface area (Å²) in [6.45, 7) is 3.96. The Balaban J connectivity index is 1.47. The normalized spacial score (nSPS) is 16.0. The number of ether oxygens (including phenoxy) is 1. The number of hydrogen-bond donors (Lipinski definition) is 2. The van der Waals surface area contributed by atoms with E-state index in [2.05, 4.69) is 15.3 Å². The van der Waals surface area contributed by atoms with Crippen LogP contribution in [0.5, 0.6) is 5.88 Å². The fourth-order valence-corrected chi connectivity index (χ4v) is 5.55. The maximum absolute atomic E-state index is 13.4. The van der Waals surface area contributed by atoms with E-state index in [1.165, 1.54) is 0 Å². The van der Waals surface area contributed by atoms with E-state index >= 15 is 0 Å². The van der Waals surface area contributed by atoms with E-state index in [-0.39, 0.29) is 11.9 Å². The summed E-state index contributed by atoms with van der Waals surface area (Å²) < 4.78 is 6.35. The van der Waals surface area contributed by atoms with E-state index in [0.29, 0.717) is 44.2 Å². The lowest BCUT2D eigenvalue weighted by molar-refractivity contribution is 0.0572. The number of aromatic nitrogens is 3. The molecule has 0 aliphatic carbocycles. The number of aromatic amines is 1. The van der Waals surface area contributed by atoms with Gasteiger partial charge in [0.05, 0.1) is 34.1 Å². The van der Waals surface area contributed by atoms with Crippen molar-refractivity contribution in [3.63, 3.8) is 0 Å². The number of hydrogen-bond acceptors (Lipinski definition) is 4. The molecule has 0 unspecified atom stereocenters. The Labute approximate surface area is 240 Å². The zero-order valence-electron chi connectivity index (χ0n) is 21.1. The number of H-pyrrole nitrogens is 1. The third-order valence-electron chi connectivity index (χ3n) is 6.79. The van der Waals surface area contributed by atoms with E-state index in [4.69, 9.17) is 44.5 Å². The maximum Gasteiger partial charge on any atom is 0.251 e. The Bertz CT molecular complexity index is 1730. The SMILES string of the molecule is CC1(C)C[C@@H](NC(=O)c2ccc3[nH]cnc3c2)c2cc(-c3ccc(Cl)cc3)c(-c3ccc(Cl)cc3Cl)nc2O1. The quantitative estimate of drug-likeness (QED) is 0.225. The molecule has 2 aromatic heterocycles. The van der Waals surface area contributed by atoms with Crippen LogP contribution in [0, 0.1) is 0 Å². The number of amides is 1. The van der Waals surface area contributed by atoms with Gasteiger partial charge in [-0.05, 0) is 74.0 Å². The van der Waals surface area contributed by atoms with E-state index in [1.807, 2.05) is 56.3 Å². The molecule has 0 bridgehead atoms. The Morgan fingerprint density at radius 1 is 0.974 bits per heavy atom. The Morgan fingerprint density at radius 2 is 1.74 bits per heavy atom. The first-order valence-electron chi connectivity index (χ1n) is 12.4. The summed E-state index contributed by atoms with van der Waals surface area (Å²) in [6.07, 6.45) is 2.16. The van der Waals surface area contributed by atoms with Gasteiger partial charge in [0, 0.05) is 38.7 Å². The van der Waals surface area contributed by atoms with Crippen molar-refractivity contribution in [3.8, 4) is 28.3 Å². The number of rotatable bonds is 4. The summed E-state index contributed by atoms with van der Waals surface area (Å²) in [5, 5.41) is 4.83. The van der Waals surface area contributed by atoms with Gasteiger partial charge in [-0.1, -0.05) is 46.9 Å². The van der Waals surface area contributed by atoms with E-state index < -0.39 is 5.60 Å². The summed E-state index contributed by atoms with van der Waals surface area (Å²) in [7, 11) is 0. The average molecular weight is 578 g/mol. The van der Waals surface area contributed by atoms with Gasteiger partial charge in [0.2, 0.25) is 5.88 Å². The standard InChI is InChI=1S/C30H23Cl3N4O2/c1-30(2)14-26(36-28(38)17-5-10-24-25(11-17)35-15-34-24)22-13-21(16-3-6-18(31)7-4-16)27(37-29(22)39-30)20-9-8-19(32)12-23(20)33/h3-13,15,26H,14H2,1-2H3,(H,34,35)(H,36,38)/t26-/m1/s1. The monoisotopic (exact) mass is 576 g/mol. The minimum atomic E-state index is -0.576. The molecule has 196 valence electrons. The topological polar surface area (TPSA) is 79.9 Å². The second-order valence-corrected chi connectivity index (χ2v) is 11.4. The highest BCUT2D eigenvalue weighted by Gasteiger charge is 2.37. The largest absolute Gasteiger partial charge is 0.471 e. The van der Waals surface area contributed by atoms with Crippen molar-refractivity contribution < 1.29 is 9.53 Å². The second kappa shape index (κ2) is 9.87. The Kier molecular flexibility index (Phi) is 6.50. The molecule has 0 radical (unpaired) electrons. The molecule has 0 saturated heterocycles. The first kappa shape index (κ1) is 25.7. The van der Waals surface area contributed by atoms with Crippen molar-refractivity contribution in [1.82, 2.24) is 20.3 Å². The lowest BCUT2D eigenvalue weighted by atomic mass is 9.88. The molecule has 0 fully saturated rings. The molecule has 1 atom stereocenters. The predicted octanol–water partition coefficient (Wildman–Crippen LogP) is 8.28. The molecular formula is C30H23Cl3N4O2. The van der Waals surface area contributed by atoms with Crippen LogP contribution in [-0.4, -0.2) is 26.5 Å². The summed E-state index contributed by atoms with van der Waals surface area (Å²) in [5.74, 6) is 0.240.